The van der Waals surface area contributed by atoms with Crippen molar-refractivity contribution in [1.82, 2.24) is 0 Å². The van der Waals surface area contributed by atoms with Crippen LogP contribution in [0.3, 0.4) is 0 Å². The summed E-state index contributed by atoms with van der Waals surface area (Å²) in [6.07, 6.45) is 3.85. The van der Waals surface area contributed by atoms with Gasteiger partial charge in [-0.05, 0) is 40.0 Å². The molecule has 0 bridgehead atoms. The molecule has 33 heavy (non-hydrogen) atoms. The van der Waals surface area contributed by atoms with Crippen LogP contribution in [0.1, 0.15) is 71.9 Å². The third-order valence-corrected chi connectivity index (χ3v) is 6.83. The third kappa shape index (κ3) is 12.3. The minimum Gasteiger partial charge on any atom is -1.00 e. The van der Waals surface area contributed by atoms with E-state index < -0.39 is 0 Å². The number of halogens is 2. The van der Waals surface area contributed by atoms with Crippen molar-refractivity contribution in [2.45, 2.75) is 73.9 Å². The highest BCUT2D eigenvalue weighted by atomic mass is 35.5. The van der Waals surface area contributed by atoms with Gasteiger partial charge in [0, 0.05) is 11.1 Å². The number of quaternary nitrogens is 2. The Hall–Kier alpha value is -1.06. The number of rotatable bonds is 13. The molecule has 0 unspecified atom stereocenters. The summed E-state index contributed by atoms with van der Waals surface area (Å²) in [6, 6.07) is 21.8. The van der Waals surface area contributed by atoms with E-state index in [2.05, 4.69) is 102 Å². The van der Waals surface area contributed by atoms with Crippen LogP contribution >= 0.6 is 0 Å². The summed E-state index contributed by atoms with van der Waals surface area (Å²) >= 11 is 0. The van der Waals surface area contributed by atoms with Gasteiger partial charge >= 0.3 is 0 Å². The smallest absolute Gasteiger partial charge is 0.104 e. The number of nitrogens with zero attached hydrogens (tertiary/aromatic N) is 2. The zero-order valence-corrected chi connectivity index (χ0v) is 23.7. The molecule has 2 nitrogen and oxygen atoms in total. The van der Waals surface area contributed by atoms with E-state index in [9.17, 15) is 0 Å². The first-order valence-corrected chi connectivity index (χ1v) is 12.8. The molecule has 2 aromatic rings. The van der Waals surface area contributed by atoms with Gasteiger partial charge in [-0.25, -0.2) is 0 Å². The van der Waals surface area contributed by atoms with Crippen molar-refractivity contribution in [2.24, 2.45) is 0 Å². The van der Waals surface area contributed by atoms with E-state index >= 15 is 0 Å². The van der Waals surface area contributed by atoms with Crippen molar-refractivity contribution in [2.75, 3.05) is 39.3 Å². The van der Waals surface area contributed by atoms with Crippen LogP contribution in [-0.4, -0.2) is 48.2 Å². The summed E-state index contributed by atoms with van der Waals surface area (Å²) in [7, 11) is 0. The summed E-state index contributed by atoms with van der Waals surface area (Å²) in [6.45, 7) is 23.8. The van der Waals surface area contributed by atoms with Crippen LogP contribution in [0.2, 0.25) is 0 Å². The van der Waals surface area contributed by atoms with Crippen LogP contribution in [0.4, 0.5) is 0 Å². The molecule has 0 heterocycles. The first kappa shape index (κ1) is 34.1. The Morgan fingerprint density at radius 1 is 0.455 bits per heavy atom. The topological polar surface area (TPSA) is 0 Å². The average Bonchev–Trinajstić information content (AvgIpc) is 2.80. The highest BCUT2D eigenvalue weighted by Crippen LogP contribution is 2.18. The van der Waals surface area contributed by atoms with Gasteiger partial charge in [0.1, 0.15) is 13.1 Å². The molecule has 0 N–H and O–H groups in total. The first-order chi connectivity index (χ1) is 15.0. The van der Waals surface area contributed by atoms with Gasteiger partial charge in [0.05, 0.1) is 39.3 Å². The van der Waals surface area contributed by atoms with Crippen molar-refractivity contribution in [3.63, 3.8) is 0 Å². The molecule has 0 aliphatic rings. The Kier molecular flexibility index (Phi) is 19.9. The fourth-order valence-corrected chi connectivity index (χ4v) is 4.94. The standard InChI is InChI=1S/C16H28N.C13H22N.2ClH/c1-4-12-17(13-5-2,14-6-3)15-16-10-8-7-9-11-16;1-4-14(5-2,6-3)12-13-10-8-7-9-11-13;;/h7-11H,4-6,12-15H2,1-3H3;7-11H,4-6,12H2,1-3H3;2*1H/q2*+1;;/p-2. The maximum Gasteiger partial charge on any atom is 0.104 e. The molecule has 0 atom stereocenters. The Morgan fingerprint density at radius 3 is 1.03 bits per heavy atom. The van der Waals surface area contributed by atoms with E-state index in [-0.39, 0.29) is 24.8 Å². The van der Waals surface area contributed by atoms with E-state index in [1.165, 1.54) is 91.7 Å². The average molecular weight is 498 g/mol. The predicted octanol–water partition coefficient (Wildman–Crippen LogP) is 1.30. The summed E-state index contributed by atoms with van der Waals surface area (Å²) in [5.41, 5.74) is 2.95. The van der Waals surface area contributed by atoms with E-state index in [1.807, 2.05) is 0 Å². The number of hydrogen-bond donors (Lipinski definition) is 0. The minimum atomic E-state index is 0. The van der Waals surface area contributed by atoms with Crippen LogP contribution in [-0.2, 0) is 13.1 Å². The second-order valence-corrected chi connectivity index (χ2v) is 9.09. The van der Waals surface area contributed by atoms with E-state index in [0.29, 0.717) is 0 Å². The van der Waals surface area contributed by atoms with Gasteiger partial charge in [-0.3, -0.25) is 0 Å². The first-order valence-electron chi connectivity index (χ1n) is 12.8. The Labute approximate surface area is 218 Å². The molecule has 0 amide bonds. The molecule has 0 saturated carbocycles. The van der Waals surface area contributed by atoms with Gasteiger partial charge < -0.3 is 33.8 Å². The van der Waals surface area contributed by atoms with Gasteiger partial charge in [-0.1, -0.05) is 81.4 Å². The molecule has 0 aliphatic carbocycles. The molecule has 0 spiro atoms. The Bertz CT molecular complexity index is 647. The minimum absolute atomic E-state index is 0. The van der Waals surface area contributed by atoms with E-state index in [1.54, 1.807) is 0 Å². The molecule has 2 aromatic carbocycles. The lowest BCUT2D eigenvalue weighted by Crippen LogP contribution is -3.00. The van der Waals surface area contributed by atoms with Crippen LogP contribution in [0.25, 0.3) is 0 Å². The lowest BCUT2D eigenvalue weighted by molar-refractivity contribution is -0.941. The van der Waals surface area contributed by atoms with Crippen LogP contribution in [0, 0.1) is 0 Å². The molecular formula is C29H50Cl2N2. The molecule has 190 valence electrons. The normalized spacial score (nSPS) is 11.0. The Morgan fingerprint density at radius 2 is 0.758 bits per heavy atom. The number of benzene rings is 2. The zero-order valence-electron chi connectivity index (χ0n) is 22.2. The van der Waals surface area contributed by atoms with Crippen molar-refractivity contribution in [3.8, 4) is 0 Å². The second kappa shape index (κ2) is 19.3. The molecule has 4 heteroatoms. The summed E-state index contributed by atoms with van der Waals surface area (Å²) in [4.78, 5) is 0. The monoisotopic (exact) mass is 496 g/mol. The third-order valence-electron chi connectivity index (χ3n) is 6.83. The molecule has 0 saturated heterocycles. The van der Waals surface area contributed by atoms with Crippen LogP contribution < -0.4 is 24.8 Å². The highest BCUT2D eigenvalue weighted by Gasteiger charge is 2.24. The van der Waals surface area contributed by atoms with Crippen molar-refractivity contribution >= 4 is 0 Å². The fourth-order valence-electron chi connectivity index (χ4n) is 4.94. The predicted molar refractivity (Wildman–Crippen MR) is 138 cm³/mol. The maximum atomic E-state index is 2.31. The van der Waals surface area contributed by atoms with Crippen molar-refractivity contribution < 1.29 is 33.8 Å². The second-order valence-electron chi connectivity index (χ2n) is 9.09. The lowest BCUT2D eigenvalue weighted by atomic mass is 10.1. The molecule has 0 radical (unpaired) electrons. The van der Waals surface area contributed by atoms with Gasteiger partial charge in [0.15, 0.2) is 0 Å². The summed E-state index contributed by atoms with van der Waals surface area (Å²) in [5, 5.41) is 0. The summed E-state index contributed by atoms with van der Waals surface area (Å²) in [5.74, 6) is 0. The van der Waals surface area contributed by atoms with E-state index in [4.69, 9.17) is 0 Å². The number of hydrogen-bond acceptors (Lipinski definition) is 0. The highest BCUT2D eigenvalue weighted by molar-refractivity contribution is 5.14. The van der Waals surface area contributed by atoms with Gasteiger partial charge in [-0.15, -0.1) is 0 Å². The van der Waals surface area contributed by atoms with Crippen LogP contribution in [0.15, 0.2) is 60.7 Å². The molecule has 0 fully saturated rings. The molecule has 0 aromatic heterocycles. The van der Waals surface area contributed by atoms with Crippen molar-refractivity contribution in [1.29, 1.82) is 0 Å². The van der Waals surface area contributed by atoms with E-state index in [0.717, 1.165) is 0 Å². The Balaban J connectivity index is 0. The van der Waals surface area contributed by atoms with Crippen molar-refractivity contribution in [3.05, 3.63) is 71.8 Å². The molecule has 0 aliphatic heterocycles. The quantitative estimate of drug-likeness (QED) is 0.366. The lowest BCUT2D eigenvalue weighted by Gasteiger charge is -2.38. The fraction of sp³-hybridized carbons (Fsp3) is 0.586. The largest absolute Gasteiger partial charge is 1.00 e. The van der Waals surface area contributed by atoms with Gasteiger partial charge in [-0.2, -0.15) is 0 Å². The molecular weight excluding hydrogens is 447 g/mol. The zero-order chi connectivity index (χ0) is 23.0. The van der Waals surface area contributed by atoms with Crippen LogP contribution in [0.5, 0.6) is 0 Å². The molecule has 2 rings (SSSR count). The van der Waals surface area contributed by atoms with Gasteiger partial charge in [0.2, 0.25) is 0 Å². The summed E-state index contributed by atoms with van der Waals surface area (Å²) < 4.78 is 2.47. The maximum absolute atomic E-state index is 2.31. The van der Waals surface area contributed by atoms with Gasteiger partial charge in [0.25, 0.3) is 0 Å². The SMILES string of the molecule is CCC[N+](CCC)(CCC)Cc1ccccc1.CC[N+](CC)(CC)Cc1ccccc1.[Cl-].[Cl-].